The van der Waals surface area contributed by atoms with Crippen LogP contribution in [0.1, 0.15) is 245 Å². The van der Waals surface area contributed by atoms with E-state index >= 15 is 0 Å². The first kappa shape index (κ1) is 72.8. The van der Waals surface area contributed by atoms with Crippen molar-refractivity contribution in [2.24, 2.45) is 0 Å². The van der Waals surface area contributed by atoms with Crippen LogP contribution in [0.2, 0.25) is 0 Å². The van der Waals surface area contributed by atoms with Crippen LogP contribution in [-0.4, -0.2) is 37.2 Å². The number of carbonyl (C=O) groups is 3. The third kappa shape index (κ3) is 61.6. The maximum absolute atomic E-state index is 12.8. The molecule has 0 N–H and O–H groups in total. The van der Waals surface area contributed by atoms with Crippen LogP contribution in [-0.2, 0) is 28.6 Å². The van der Waals surface area contributed by atoms with Gasteiger partial charge in [0.25, 0.3) is 0 Å². The van der Waals surface area contributed by atoms with Crippen LogP contribution in [0.3, 0.4) is 0 Å². The van der Waals surface area contributed by atoms with Gasteiger partial charge in [-0.05, 0) is 135 Å². The molecule has 6 heteroatoms. The van der Waals surface area contributed by atoms with E-state index in [-0.39, 0.29) is 37.5 Å². The van der Waals surface area contributed by atoms with Gasteiger partial charge in [-0.1, -0.05) is 262 Å². The molecule has 0 aromatic rings. The summed E-state index contributed by atoms with van der Waals surface area (Å²) in [6, 6.07) is 0. The van der Waals surface area contributed by atoms with E-state index in [0.29, 0.717) is 19.3 Å². The number of ether oxygens (including phenoxy) is 3. The third-order valence-electron chi connectivity index (χ3n) is 12.5. The minimum Gasteiger partial charge on any atom is -0.462 e. The van der Waals surface area contributed by atoms with Crippen LogP contribution in [0.15, 0.2) is 170 Å². The van der Waals surface area contributed by atoms with Crippen molar-refractivity contribution in [2.45, 2.75) is 252 Å². The van der Waals surface area contributed by atoms with E-state index in [4.69, 9.17) is 14.2 Å². The molecule has 1 atom stereocenters. The van der Waals surface area contributed by atoms with Crippen LogP contribution in [0.4, 0.5) is 0 Å². The normalized spacial score (nSPS) is 13.3. The van der Waals surface area contributed by atoms with Gasteiger partial charge in [0, 0.05) is 19.3 Å². The number of allylic oxidation sites excluding steroid dienone is 28. The zero-order chi connectivity index (χ0) is 56.4. The minimum absolute atomic E-state index is 0.103. The van der Waals surface area contributed by atoms with Gasteiger partial charge in [-0.15, -0.1) is 0 Å². The van der Waals surface area contributed by atoms with Gasteiger partial charge in [0.1, 0.15) is 13.2 Å². The topological polar surface area (TPSA) is 78.9 Å². The standard InChI is InChI=1S/C72H112O6/c1-4-7-10-13-16-18-20-22-24-26-28-30-32-34-35-36-37-39-40-42-44-46-48-50-52-54-56-59-62-65-71(74)77-68-69(67-76-70(73)64-61-58-15-12-9-6-3)78-72(75)66-63-60-57-55-53-51-49-47-45-43-41-38-33-31-29-27-25-23-21-19-17-14-11-8-5-2/h7-8,10-11,16-19,22-25,28-31,34-35,37-39,41-42,44-45,47,51,53,69H,4-6,9,12-15,20-21,26-27,32-33,36,40,43,46,48-50,52,54-68H2,1-3H3/b10-7-,11-8-,18-16-,19-17-,24-22-,25-23-,30-28-,31-29-,35-34-,39-37-,41-38-,44-42-,47-45-,53-51-. The summed E-state index contributed by atoms with van der Waals surface area (Å²) in [5, 5.41) is 0. The van der Waals surface area contributed by atoms with Crippen molar-refractivity contribution in [3.8, 4) is 0 Å². The number of rotatable bonds is 54. The maximum Gasteiger partial charge on any atom is 0.306 e. The quantitative estimate of drug-likeness (QED) is 0.0261. The molecule has 436 valence electrons. The average molecular weight is 1070 g/mol. The Balaban J connectivity index is 4.26. The molecule has 78 heavy (non-hydrogen) atoms. The SMILES string of the molecule is CC/C=C\C/C=C\C/C=C\C/C=C\C/C=C\C/C=C\C/C=C\CCCCCCCCCC(=O)OCC(COC(=O)CCCCCCCC)OC(=O)CCCCC/C=C\C/C=C\C/C=C\C/C=C\C/C=C\C/C=C\C/C=C\CC. The second kappa shape index (κ2) is 64.3. The summed E-state index contributed by atoms with van der Waals surface area (Å²) in [7, 11) is 0. The Hall–Kier alpha value is -5.23. The molecule has 0 aliphatic carbocycles. The van der Waals surface area contributed by atoms with Gasteiger partial charge >= 0.3 is 17.9 Å². The van der Waals surface area contributed by atoms with E-state index in [1.54, 1.807) is 0 Å². The molecule has 0 fully saturated rings. The van der Waals surface area contributed by atoms with E-state index in [1.165, 1.54) is 44.9 Å². The average Bonchev–Trinajstić information content (AvgIpc) is 3.44. The second-order valence-electron chi connectivity index (χ2n) is 19.9. The first-order valence-corrected chi connectivity index (χ1v) is 31.1. The summed E-state index contributed by atoms with van der Waals surface area (Å²) in [6.07, 6.45) is 95.3. The Morgan fingerprint density at radius 1 is 0.269 bits per heavy atom. The highest BCUT2D eigenvalue weighted by Gasteiger charge is 2.19. The fourth-order valence-electron chi connectivity index (χ4n) is 7.87. The van der Waals surface area contributed by atoms with E-state index in [2.05, 4.69) is 191 Å². The Morgan fingerprint density at radius 3 is 0.795 bits per heavy atom. The van der Waals surface area contributed by atoms with Crippen molar-refractivity contribution < 1.29 is 28.6 Å². The van der Waals surface area contributed by atoms with E-state index in [1.807, 2.05) is 0 Å². The summed E-state index contributed by atoms with van der Waals surface area (Å²) in [6.45, 7) is 6.30. The molecule has 0 saturated carbocycles. The summed E-state index contributed by atoms with van der Waals surface area (Å²) < 4.78 is 16.7. The van der Waals surface area contributed by atoms with E-state index < -0.39 is 6.10 Å². The molecule has 0 aromatic heterocycles. The second-order valence-corrected chi connectivity index (χ2v) is 19.9. The van der Waals surface area contributed by atoms with Gasteiger partial charge in [0.05, 0.1) is 0 Å². The molecular formula is C72H112O6. The highest BCUT2D eigenvalue weighted by molar-refractivity contribution is 5.71. The van der Waals surface area contributed by atoms with Crippen molar-refractivity contribution in [1.82, 2.24) is 0 Å². The summed E-state index contributed by atoms with van der Waals surface area (Å²) >= 11 is 0. The molecule has 0 heterocycles. The highest BCUT2D eigenvalue weighted by atomic mass is 16.6. The minimum atomic E-state index is -0.807. The lowest BCUT2D eigenvalue weighted by Crippen LogP contribution is -2.30. The van der Waals surface area contributed by atoms with Crippen molar-refractivity contribution in [3.63, 3.8) is 0 Å². The Bertz CT molecular complexity index is 1810. The number of carbonyl (C=O) groups excluding carboxylic acids is 3. The van der Waals surface area contributed by atoms with Crippen LogP contribution < -0.4 is 0 Å². The first-order valence-electron chi connectivity index (χ1n) is 31.1. The van der Waals surface area contributed by atoms with Crippen molar-refractivity contribution in [1.29, 1.82) is 0 Å². The predicted octanol–water partition coefficient (Wildman–Crippen LogP) is 21.5. The molecule has 0 amide bonds. The first-order chi connectivity index (χ1) is 38.5. The van der Waals surface area contributed by atoms with E-state index in [0.717, 1.165) is 154 Å². The molecule has 6 nitrogen and oxygen atoms in total. The number of esters is 3. The van der Waals surface area contributed by atoms with Gasteiger partial charge in [0.15, 0.2) is 6.10 Å². The largest absolute Gasteiger partial charge is 0.462 e. The van der Waals surface area contributed by atoms with Crippen molar-refractivity contribution in [2.75, 3.05) is 13.2 Å². The number of unbranched alkanes of at least 4 members (excludes halogenated alkanes) is 15. The van der Waals surface area contributed by atoms with Crippen LogP contribution >= 0.6 is 0 Å². The number of hydrogen-bond acceptors (Lipinski definition) is 6. The van der Waals surface area contributed by atoms with Crippen LogP contribution in [0.25, 0.3) is 0 Å². The molecule has 0 spiro atoms. The smallest absolute Gasteiger partial charge is 0.306 e. The van der Waals surface area contributed by atoms with Gasteiger partial charge in [-0.2, -0.15) is 0 Å². The molecule has 0 aliphatic rings. The monoisotopic (exact) mass is 1070 g/mol. The summed E-state index contributed by atoms with van der Waals surface area (Å²) in [5.74, 6) is -0.965. The lowest BCUT2D eigenvalue weighted by Gasteiger charge is -2.18. The third-order valence-corrected chi connectivity index (χ3v) is 12.5. The Kier molecular flexibility index (Phi) is 60.0. The zero-order valence-electron chi connectivity index (χ0n) is 49.9. The zero-order valence-corrected chi connectivity index (χ0v) is 49.9. The van der Waals surface area contributed by atoms with Crippen molar-refractivity contribution in [3.05, 3.63) is 170 Å². The fraction of sp³-hybridized carbons (Fsp3) is 0.569. The van der Waals surface area contributed by atoms with Crippen molar-refractivity contribution >= 4 is 17.9 Å². The lowest BCUT2D eigenvalue weighted by molar-refractivity contribution is -0.167. The molecule has 0 radical (unpaired) electrons. The van der Waals surface area contributed by atoms with Crippen LogP contribution in [0, 0.1) is 0 Å². The Labute approximate surface area is 479 Å². The molecule has 0 aliphatic heterocycles. The predicted molar refractivity (Wildman–Crippen MR) is 338 cm³/mol. The molecule has 0 bridgehead atoms. The molecule has 0 rings (SSSR count). The summed E-state index contributed by atoms with van der Waals surface area (Å²) in [5.41, 5.74) is 0. The molecule has 0 aromatic carbocycles. The highest BCUT2D eigenvalue weighted by Crippen LogP contribution is 2.13. The summed E-state index contributed by atoms with van der Waals surface area (Å²) in [4.78, 5) is 38.0. The Morgan fingerprint density at radius 2 is 0.500 bits per heavy atom. The van der Waals surface area contributed by atoms with Gasteiger partial charge in [-0.3, -0.25) is 14.4 Å². The molecule has 0 saturated heterocycles. The molecular weight excluding hydrogens is 961 g/mol. The van der Waals surface area contributed by atoms with Gasteiger partial charge in [-0.25, -0.2) is 0 Å². The fourth-order valence-corrected chi connectivity index (χ4v) is 7.87. The van der Waals surface area contributed by atoms with Gasteiger partial charge < -0.3 is 14.2 Å². The van der Waals surface area contributed by atoms with E-state index in [9.17, 15) is 14.4 Å². The van der Waals surface area contributed by atoms with Gasteiger partial charge in [0.2, 0.25) is 0 Å². The molecule has 1 unspecified atom stereocenters. The van der Waals surface area contributed by atoms with Crippen LogP contribution in [0.5, 0.6) is 0 Å². The number of hydrogen-bond donors (Lipinski definition) is 0. The lowest BCUT2D eigenvalue weighted by atomic mass is 10.1. The maximum atomic E-state index is 12.8.